The van der Waals surface area contributed by atoms with Crippen LogP contribution in [0.25, 0.3) is 27.8 Å². The number of fused-ring (bicyclic) bond motifs is 2. The number of aromatic amines is 1. The zero-order valence-electron chi connectivity index (χ0n) is 14.6. The highest BCUT2D eigenvalue weighted by atomic mass is 35.5. The standard InChI is InChI=1S/C17H15ClFN7O2/c1-8(6-27)23-17-15(19)14(18)13(9-2-22-25-16(9)17)10-4-26-5-11(21-7-28)24-12(26)3-20-10/h2-5,7-8,23,27H,6H2,1H3,(H,21,28)(H,22,25). The molecule has 4 rings (SSSR count). The smallest absolute Gasteiger partial charge is 0.212 e. The summed E-state index contributed by atoms with van der Waals surface area (Å²) in [7, 11) is 0. The van der Waals surface area contributed by atoms with Crippen LogP contribution in [0.5, 0.6) is 0 Å². The summed E-state index contributed by atoms with van der Waals surface area (Å²) in [5.41, 5.74) is 1.81. The molecule has 0 saturated heterocycles. The van der Waals surface area contributed by atoms with Gasteiger partial charge in [-0.05, 0) is 6.92 Å². The number of anilines is 2. The van der Waals surface area contributed by atoms with E-state index in [1.807, 2.05) is 0 Å². The van der Waals surface area contributed by atoms with Gasteiger partial charge in [-0.3, -0.25) is 14.9 Å². The van der Waals surface area contributed by atoms with Crippen LogP contribution in [0.1, 0.15) is 6.92 Å². The number of benzene rings is 1. The van der Waals surface area contributed by atoms with E-state index in [4.69, 9.17) is 11.6 Å². The first-order chi connectivity index (χ1) is 13.5. The van der Waals surface area contributed by atoms with Crippen LogP contribution in [0, 0.1) is 5.82 Å². The van der Waals surface area contributed by atoms with Gasteiger partial charge in [0.25, 0.3) is 0 Å². The number of carbonyl (C=O) groups is 1. The second-order valence-electron chi connectivity index (χ2n) is 6.19. The van der Waals surface area contributed by atoms with Gasteiger partial charge in [0, 0.05) is 23.2 Å². The fourth-order valence-corrected chi connectivity index (χ4v) is 3.24. The summed E-state index contributed by atoms with van der Waals surface area (Å²) in [6.07, 6.45) is 6.78. The molecule has 0 aliphatic heterocycles. The number of hydrogen-bond acceptors (Lipinski definition) is 6. The highest BCUT2D eigenvalue weighted by Crippen LogP contribution is 2.40. The Labute approximate surface area is 162 Å². The molecular formula is C17H15ClFN7O2. The van der Waals surface area contributed by atoms with Crippen molar-refractivity contribution in [3.05, 3.63) is 35.6 Å². The van der Waals surface area contributed by atoms with Gasteiger partial charge in [0.1, 0.15) is 0 Å². The number of hydrogen-bond donors (Lipinski definition) is 4. The molecule has 1 amide bonds. The lowest BCUT2D eigenvalue weighted by atomic mass is 10.0. The van der Waals surface area contributed by atoms with Gasteiger partial charge < -0.3 is 20.1 Å². The summed E-state index contributed by atoms with van der Waals surface area (Å²) in [6.45, 7) is 1.54. The molecular weight excluding hydrogens is 389 g/mol. The third-order valence-corrected chi connectivity index (χ3v) is 4.61. The molecule has 0 radical (unpaired) electrons. The average Bonchev–Trinajstić information content (AvgIpc) is 3.31. The Morgan fingerprint density at radius 2 is 2.25 bits per heavy atom. The van der Waals surface area contributed by atoms with Gasteiger partial charge in [-0.15, -0.1) is 0 Å². The number of nitrogens with one attached hydrogen (secondary N) is 3. The van der Waals surface area contributed by atoms with E-state index in [2.05, 4.69) is 30.8 Å². The van der Waals surface area contributed by atoms with Crippen molar-refractivity contribution in [1.29, 1.82) is 0 Å². The summed E-state index contributed by atoms with van der Waals surface area (Å²) in [6, 6.07) is -0.382. The Morgan fingerprint density at radius 3 is 3.00 bits per heavy atom. The van der Waals surface area contributed by atoms with Gasteiger partial charge in [-0.1, -0.05) is 11.6 Å². The molecule has 0 spiro atoms. The van der Waals surface area contributed by atoms with Crippen molar-refractivity contribution in [2.24, 2.45) is 0 Å². The van der Waals surface area contributed by atoms with Crippen LogP contribution < -0.4 is 10.6 Å². The third-order valence-electron chi connectivity index (χ3n) is 4.26. The lowest BCUT2D eigenvalue weighted by Crippen LogP contribution is -2.20. The maximum absolute atomic E-state index is 15.1. The van der Waals surface area contributed by atoms with Gasteiger partial charge >= 0.3 is 0 Å². The number of aliphatic hydroxyl groups is 1. The largest absolute Gasteiger partial charge is 0.394 e. The number of nitrogens with zero attached hydrogens (tertiary/aromatic N) is 4. The topological polar surface area (TPSA) is 120 Å². The van der Waals surface area contributed by atoms with E-state index in [1.165, 1.54) is 12.4 Å². The molecule has 28 heavy (non-hydrogen) atoms. The van der Waals surface area contributed by atoms with Crippen LogP contribution in [0.3, 0.4) is 0 Å². The number of aromatic nitrogens is 5. The molecule has 0 aliphatic rings. The first-order valence-corrected chi connectivity index (χ1v) is 8.68. The second kappa shape index (κ2) is 7.06. The van der Waals surface area contributed by atoms with E-state index in [0.717, 1.165) is 0 Å². The van der Waals surface area contributed by atoms with Gasteiger partial charge in [-0.25, -0.2) is 9.37 Å². The van der Waals surface area contributed by atoms with Crippen LogP contribution in [0.15, 0.2) is 24.8 Å². The Bertz CT molecular complexity index is 1190. The minimum Gasteiger partial charge on any atom is -0.394 e. The number of aliphatic hydroxyl groups excluding tert-OH is 1. The molecule has 144 valence electrons. The number of halogens is 2. The molecule has 1 atom stereocenters. The molecule has 11 heteroatoms. The van der Waals surface area contributed by atoms with Gasteiger partial charge in [0.2, 0.25) is 6.41 Å². The highest BCUT2D eigenvalue weighted by molar-refractivity contribution is 6.35. The predicted octanol–water partition coefficient (Wildman–Crippen LogP) is 2.43. The molecule has 9 nitrogen and oxygen atoms in total. The highest BCUT2D eigenvalue weighted by Gasteiger charge is 2.23. The predicted molar refractivity (Wildman–Crippen MR) is 103 cm³/mol. The molecule has 0 bridgehead atoms. The molecule has 1 aromatic carbocycles. The number of carbonyl (C=O) groups excluding carboxylic acids is 1. The summed E-state index contributed by atoms with van der Waals surface area (Å²) >= 11 is 6.36. The summed E-state index contributed by atoms with van der Waals surface area (Å²) in [4.78, 5) is 19.1. The van der Waals surface area contributed by atoms with E-state index >= 15 is 4.39 Å². The minimum atomic E-state index is -0.676. The van der Waals surface area contributed by atoms with Crippen LogP contribution in [-0.2, 0) is 4.79 Å². The van der Waals surface area contributed by atoms with E-state index in [9.17, 15) is 9.90 Å². The summed E-state index contributed by atoms with van der Waals surface area (Å²) in [5, 5.41) is 21.8. The zero-order valence-corrected chi connectivity index (χ0v) is 15.3. The maximum Gasteiger partial charge on any atom is 0.212 e. The number of H-pyrrole nitrogens is 1. The number of imidazole rings is 1. The second-order valence-corrected chi connectivity index (χ2v) is 6.57. The first-order valence-electron chi connectivity index (χ1n) is 8.30. The Morgan fingerprint density at radius 1 is 1.43 bits per heavy atom. The van der Waals surface area contributed by atoms with Crippen molar-refractivity contribution < 1.29 is 14.3 Å². The summed E-state index contributed by atoms with van der Waals surface area (Å²) in [5.74, 6) is -0.318. The van der Waals surface area contributed by atoms with Crippen molar-refractivity contribution in [3.63, 3.8) is 0 Å². The van der Waals surface area contributed by atoms with E-state index in [1.54, 1.807) is 23.7 Å². The Hall–Kier alpha value is -3.24. The minimum absolute atomic E-state index is 0.125. The first kappa shape index (κ1) is 18.1. The third kappa shape index (κ3) is 2.92. The van der Waals surface area contributed by atoms with Crippen LogP contribution in [0.4, 0.5) is 15.9 Å². The number of amides is 1. The molecule has 0 saturated carbocycles. The fraction of sp³-hybridized carbons (Fsp3) is 0.176. The van der Waals surface area contributed by atoms with Crippen LogP contribution in [0.2, 0.25) is 5.02 Å². The Kier molecular flexibility index (Phi) is 4.57. The molecule has 4 aromatic rings. The van der Waals surface area contributed by atoms with Crippen LogP contribution in [-0.4, -0.2) is 48.7 Å². The van der Waals surface area contributed by atoms with Crippen molar-refractivity contribution in [2.45, 2.75) is 13.0 Å². The normalized spacial score (nSPS) is 12.4. The molecule has 1 unspecified atom stereocenters. The maximum atomic E-state index is 15.1. The van der Waals surface area contributed by atoms with E-state index < -0.39 is 5.82 Å². The molecule has 3 heterocycles. The average molecular weight is 404 g/mol. The van der Waals surface area contributed by atoms with Crippen molar-refractivity contribution >= 4 is 46.1 Å². The van der Waals surface area contributed by atoms with Crippen molar-refractivity contribution in [1.82, 2.24) is 24.6 Å². The fourth-order valence-electron chi connectivity index (χ4n) is 2.95. The molecule has 0 aliphatic carbocycles. The molecule has 0 fully saturated rings. The van der Waals surface area contributed by atoms with E-state index in [0.29, 0.717) is 40.0 Å². The quantitative estimate of drug-likeness (QED) is 0.367. The number of rotatable bonds is 6. The van der Waals surface area contributed by atoms with E-state index in [-0.39, 0.29) is 23.4 Å². The monoisotopic (exact) mass is 403 g/mol. The lowest BCUT2D eigenvalue weighted by Gasteiger charge is -2.16. The van der Waals surface area contributed by atoms with Gasteiger partial charge in [0.05, 0.1) is 47.1 Å². The Balaban J connectivity index is 1.90. The van der Waals surface area contributed by atoms with Crippen molar-refractivity contribution in [3.8, 4) is 11.3 Å². The SMILES string of the molecule is CC(CO)Nc1c(F)c(Cl)c(-c2cn3cc(NC=O)nc3cn2)c2cn[nH]c12. The lowest BCUT2D eigenvalue weighted by molar-refractivity contribution is -0.105. The van der Waals surface area contributed by atoms with Crippen LogP contribution >= 0.6 is 11.6 Å². The zero-order chi connectivity index (χ0) is 19.8. The van der Waals surface area contributed by atoms with Gasteiger partial charge in [0.15, 0.2) is 17.3 Å². The molecule has 4 N–H and O–H groups in total. The summed E-state index contributed by atoms with van der Waals surface area (Å²) < 4.78 is 16.7. The van der Waals surface area contributed by atoms with Gasteiger partial charge in [-0.2, -0.15) is 5.10 Å². The molecule has 3 aromatic heterocycles. The van der Waals surface area contributed by atoms with Crippen molar-refractivity contribution in [2.75, 3.05) is 17.2 Å².